The Labute approximate surface area is 97.4 Å². The third-order valence-corrected chi connectivity index (χ3v) is 2.81. The third-order valence-electron chi connectivity index (χ3n) is 2.81. The predicted molar refractivity (Wildman–Crippen MR) is 64.9 cm³/mol. The van der Waals surface area contributed by atoms with Gasteiger partial charge >= 0.3 is 0 Å². The van der Waals surface area contributed by atoms with Gasteiger partial charge in [0.2, 0.25) is 0 Å². The second kappa shape index (κ2) is 5.96. The molecule has 0 radical (unpaired) electrons. The molecule has 0 atom stereocenters. The van der Waals surface area contributed by atoms with Crippen molar-refractivity contribution in [2.24, 2.45) is 11.1 Å². The molecule has 3 N–H and O–H groups in total. The van der Waals surface area contributed by atoms with Crippen molar-refractivity contribution in [2.45, 2.75) is 40.3 Å². The molecule has 0 amide bonds. The second-order valence-electron chi connectivity index (χ2n) is 4.88. The number of aromatic nitrogens is 3. The minimum atomic E-state index is 0.341. The third kappa shape index (κ3) is 4.28. The Morgan fingerprint density at radius 2 is 2.25 bits per heavy atom. The van der Waals surface area contributed by atoms with E-state index in [1.807, 2.05) is 6.20 Å². The molecule has 0 aromatic carbocycles. The SMILES string of the molecule is CCC(C)(C)CNCc1cn(CCN)nn1. The molecule has 1 aromatic heterocycles. The Morgan fingerprint density at radius 1 is 1.50 bits per heavy atom. The zero-order chi connectivity index (χ0) is 12.0. The van der Waals surface area contributed by atoms with Crippen LogP contribution in [0.1, 0.15) is 32.9 Å². The van der Waals surface area contributed by atoms with E-state index in [1.54, 1.807) is 4.68 Å². The van der Waals surface area contributed by atoms with Gasteiger partial charge in [-0.1, -0.05) is 26.0 Å². The van der Waals surface area contributed by atoms with E-state index >= 15 is 0 Å². The van der Waals surface area contributed by atoms with Gasteiger partial charge in [-0.15, -0.1) is 5.10 Å². The molecule has 1 aromatic rings. The van der Waals surface area contributed by atoms with E-state index in [0.717, 1.165) is 25.3 Å². The summed E-state index contributed by atoms with van der Waals surface area (Å²) in [5, 5.41) is 11.5. The van der Waals surface area contributed by atoms with E-state index in [1.165, 1.54) is 6.42 Å². The van der Waals surface area contributed by atoms with E-state index in [4.69, 9.17) is 5.73 Å². The lowest BCUT2D eigenvalue weighted by Gasteiger charge is -2.22. The quantitative estimate of drug-likeness (QED) is 0.719. The molecule has 0 aliphatic carbocycles. The maximum absolute atomic E-state index is 5.44. The molecule has 0 fully saturated rings. The Hall–Kier alpha value is -0.940. The van der Waals surface area contributed by atoms with Crippen LogP contribution in [0.3, 0.4) is 0 Å². The van der Waals surface area contributed by atoms with Crippen LogP contribution < -0.4 is 11.1 Å². The first kappa shape index (κ1) is 13.1. The standard InChI is InChI=1S/C11H23N5/c1-4-11(2,3)9-13-7-10-8-16(6-5-12)15-14-10/h8,13H,4-7,9,12H2,1-3H3. The number of hydrogen-bond acceptors (Lipinski definition) is 4. The highest BCUT2D eigenvalue weighted by Gasteiger charge is 2.14. The van der Waals surface area contributed by atoms with Crippen molar-refractivity contribution in [3.8, 4) is 0 Å². The Kier molecular flexibility index (Phi) is 4.89. The molecule has 5 heteroatoms. The normalized spacial score (nSPS) is 12.0. The number of hydrogen-bond donors (Lipinski definition) is 2. The fourth-order valence-electron chi connectivity index (χ4n) is 1.32. The minimum Gasteiger partial charge on any atom is -0.329 e. The average Bonchev–Trinajstić information content (AvgIpc) is 2.66. The summed E-state index contributed by atoms with van der Waals surface area (Å²) in [6.45, 7) is 9.81. The van der Waals surface area contributed by atoms with Gasteiger partial charge in [0.1, 0.15) is 0 Å². The Morgan fingerprint density at radius 3 is 2.88 bits per heavy atom. The van der Waals surface area contributed by atoms with Gasteiger partial charge in [0.25, 0.3) is 0 Å². The topological polar surface area (TPSA) is 68.8 Å². The molecule has 0 aliphatic heterocycles. The van der Waals surface area contributed by atoms with Crippen LogP contribution in [0.25, 0.3) is 0 Å². The van der Waals surface area contributed by atoms with Crippen LogP contribution in [0.4, 0.5) is 0 Å². The first-order valence-electron chi connectivity index (χ1n) is 5.87. The molecular formula is C11H23N5. The lowest BCUT2D eigenvalue weighted by Crippen LogP contribution is -2.28. The van der Waals surface area contributed by atoms with Crippen molar-refractivity contribution >= 4 is 0 Å². The van der Waals surface area contributed by atoms with Gasteiger partial charge in [-0.25, -0.2) is 0 Å². The fraction of sp³-hybridized carbons (Fsp3) is 0.818. The monoisotopic (exact) mass is 225 g/mol. The molecule has 0 unspecified atom stereocenters. The summed E-state index contributed by atoms with van der Waals surface area (Å²) in [5.41, 5.74) is 6.75. The van der Waals surface area contributed by atoms with Crippen LogP contribution in [-0.4, -0.2) is 28.1 Å². The van der Waals surface area contributed by atoms with Gasteiger partial charge < -0.3 is 11.1 Å². The first-order chi connectivity index (χ1) is 7.57. The molecule has 0 bridgehead atoms. The van der Waals surface area contributed by atoms with Gasteiger partial charge in [-0.3, -0.25) is 4.68 Å². The van der Waals surface area contributed by atoms with Gasteiger partial charge in [-0.2, -0.15) is 0 Å². The summed E-state index contributed by atoms with van der Waals surface area (Å²) in [6.07, 6.45) is 3.11. The zero-order valence-corrected chi connectivity index (χ0v) is 10.5. The zero-order valence-electron chi connectivity index (χ0n) is 10.5. The maximum Gasteiger partial charge on any atom is 0.0964 e. The molecule has 1 heterocycles. The van der Waals surface area contributed by atoms with Crippen molar-refractivity contribution in [3.63, 3.8) is 0 Å². The lowest BCUT2D eigenvalue weighted by molar-refractivity contribution is 0.327. The molecule has 5 nitrogen and oxygen atoms in total. The second-order valence-corrected chi connectivity index (χ2v) is 4.88. The molecular weight excluding hydrogens is 202 g/mol. The van der Waals surface area contributed by atoms with Gasteiger partial charge in [0.05, 0.1) is 12.2 Å². The summed E-state index contributed by atoms with van der Waals surface area (Å²) < 4.78 is 1.78. The molecule has 1 rings (SSSR count). The van der Waals surface area contributed by atoms with E-state index in [2.05, 4.69) is 36.4 Å². The molecule has 0 aliphatic rings. The highest BCUT2D eigenvalue weighted by atomic mass is 15.4. The summed E-state index contributed by atoms with van der Waals surface area (Å²) >= 11 is 0. The summed E-state index contributed by atoms with van der Waals surface area (Å²) in [7, 11) is 0. The molecule has 0 saturated heterocycles. The molecule has 0 saturated carbocycles. The highest BCUT2D eigenvalue weighted by molar-refractivity contribution is 4.91. The number of nitrogens with zero attached hydrogens (tertiary/aromatic N) is 3. The van der Waals surface area contributed by atoms with Gasteiger partial charge in [-0.05, 0) is 11.8 Å². The smallest absolute Gasteiger partial charge is 0.0964 e. The number of rotatable bonds is 7. The van der Waals surface area contributed by atoms with Crippen molar-refractivity contribution in [1.82, 2.24) is 20.3 Å². The van der Waals surface area contributed by atoms with Crippen molar-refractivity contribution < 1.29 is 0 Å². The number of nitrogens with one attached hydrogen (secondary N) is 1. The summed E-state index contributed by atoms with van der Waals surface area (Å²) in [5.74, 6) is 0. The van der Waals surface area contributed by atoms with E-state index in [9.17, 15) is 0 Å². The molecule has 92 valence electrons. The average molecular weight is 225 g/mol. The lowest BCUT2D eigenvalue weighted by atomic mass is 9.90. The van der Waals surface area contributed by atoms with Gasteiger partial charge in [0.15, 0.2) is 0 Å². The summed E-state index contributed by atoms with van der Waals surface area (Å²) in [4.78, 5) is 0. The van der Waals surface area contributed by atoms with E-state index in [-0.39, 0.29) is 0 Å². The maximum atomic E-state index is 5.44. The van der Waals surface area contributed by atoms with Crippen molar-refractivity contribution in [3.05, 3.63) is 11.9 Å². The van der Waals surface area contributed by atoms with Crippen molar-refractivity contribution in [1.29, 1.82) is 0 Å². The first-order valence-corrected chi connectivity index (χ1v) is 5.87. The number of nitrogens with two attached hydrogens (primary N) is 1. The van der Waals surface area contributed by atoms with Crippen LogP contribution in [0, 0.1) is 5.41 Å². The summed E-state index contributed by atoms with van der Waals surface area (Å²) in [6, 6.07) is 0. The van der Waals surface area contributed by atoms with E-state index < -0.39 is 0 Å². The van der Waals surface area contributed by atoms with Crippen molar-refractivity contribution in [2.75, 3.05) is 13.1 Å². The highest BCUT2D eigenvalue weighted by Crippen LogP contribution is 2.17. The van der Waals surface area contributed by atoms with E-state index in [0.29, 0.717) is 12.0 Å². The van der Waals surface area contributed by atoms with Crippen LogP contribution in [0.15, 0.2) is 6.20 Å². The van der Waals surface area contributed by atoms with Crippen LogP contribution in [0.5, 0.6) is 0 Å². The van der Waals surface area contributed by atoms with Gasteiger partial charge in [0, 0.05) is 25.8 Å². The minimum absolute atomic E-state index is 0.341. The fourth-order valence-corrected chi connectivity index (χ4v) is 1.32. The Bertz CT molecular complexity index is 305. The van der Waals surface area contributed by atoms with Crippen LogP contribution >= 0.6 is 0 Å². The largest absolute Gasteiger partial charge is 0.329 e. The molecule has 0 spiro atoms. The van der Waals surface area contributed by atoms with Crippen LogP contribution in [-0.2, 0) is 13.1 Å². The van der Waals surface area contributed by atoms with Crippen LogP contribution in [0.2, 0.25) is 0 Å². The molecule has 16 heavy (non-hydrogen) atoms. The predicted octanol–water partition coefficient (Wildman–Crippen LogP) is 0.763. The Balaban J connectivity index is 2.31.